The van der Waals surface area contributed by atoms with Gasteiger partial charge < -0.3 is 10.2 Å². The fraction of sp³-hybridized carbons (Fsp3) is 1.00. The first kappa shape index (κ1) is 13.7. The largest absolute Gasteiger partial charge is 0.313 e. The highest BCUT2D eigenvalue weighted by Gasteiger charge is 2.20. The zero-order valence-electron chi connectivity index (χ0n) is 11.5. The molecular formula is C14H28N2S. The van der Waals surface area contributed by atoms with E-state index in [4.69, 9.17) is 0 Å². The first-order valence-electron chi connectivity index (χ1n) is 7.27. The van der Waals surface area contributed by atoms with E-state index in [1.807, 2.05) is 0 Å². The molecule has 0 aromatic heterocycles. The molecule has 1 unspecified atom stereocenters. The minimum Gasteiger partial charge on any atom is -0.313 e. The highest BCUT2D eigenvalue weighted by Crippen LogP contribution is 2.23. The topological polar surface area (TPSA) is 15.3 Å². The summed E-state index contributed by atoms with van der Waals surface area (Å²) in [4.78, 5) is 2.55. The molecule has 1 saturated heterocycles. The van der Waals surface area contributed by atoms with Crippen molar-refractivity contribution in [2.75, 3.05) is 31.6 Å². The predicted octanol–water partition coefficient (Wildman–Crippen LogP) is 2.59. The Hall–Kier alpha value is 0.270. The standard InChI is InChI=1S/C14H28N2S/c1-12-3-5-13(6-4-12)15-8-9-16(2)14-7-10-17-11-14/h12-15H,3-11H2,1-2H3. The van der Waals surface area contributed by atoms with Gasteiger partial charge in [-0.1, -0.05) is 6.92 Å². The quantitative estimate of drug-likeness (QED) is 0.814. The highest BCUT2D eigenvalue weighted by molar-refractivity contribution is 7.99. The molecule has 0 aromatic carbocycles. The summed E-state index contributed by atoms with van der Waals surface area (Å²) in [7, 11) is 2.29. The maximum absolute atomic E-state index is 3.75. The molecule has 0 amide bonds. The molecule has 2 fully saturated rings. The normalized spacial score (nSPS) is 34.4. The maximum atomic E-state index is 3.75. The van der Waals surface area contributed by atoms with Gasteiger partial charge in [0.25, 0.3) is 0 Å². The Morgan fingerprint density at radius 2 is 1.94 bits per heavy atom. The lowest BCUT2D eigenvalue weighted by atomic mass is 9.87. The average Bonchev–Trinajstić information content (AvgIpc) is 2.85. The van der Waals surface area contributed by atoms with Gasteiger partial charge in [0.2, 0.25) is 0 Å². The van der Waals surface area contributed by atoms with E-state index < -0.39 is 0 Å². The molecule has 0 aromatic rings. The van der Waals surface area contributed by atoms with Gasteiger partial charge in [-0.3, -0.25) is 0 Å². The molecule has 100 valence electrons. The van der Waals surface area contributed by atoms with Crippen LogP contribution in [0.1, 0.15) is 39.0 Å². The Morgan fingerprint density at radius 3 is 2.59 bits per heavy atom. The van der Waals surface area contributed by atoms with Gasteiger partial charge in [0.05, 0.1) is 0 Å². The first-order chi connectivity index (χ1) is 8.25. The van der Waals surface area contributed by atoms with Gasteiger partial charge in [0.1, 0.15) is 0 Å². The Kier molecular flexibility index (Phi) is 5.64. The van der Waals surface area contributed by atoms with Crippen molar-refractivity contribution in [3.8, 4) is 0 Å². The van der Waals surface area contributed by atoms with Crippen molar-refractivity contribution in [3.63, 3.8) is 0 Å². The number of nitrogens with one attached hydrogen (secondary N) is 1. The van der Waals surface area contributed by atoms with Crippen molar-refractivity contribution in [1.82, 2.24) is 10.2 Å². The molecule has 2 nitrogen and oxygen atoms in total. The van der Waals surface area contributed by atoms with Crippen molar-refractivity contribution < 1.29 is 0 Å². The van der Waals surface area contributed by atoms with Crippen LogP contribution in [0.5, 0.6) is 0 Å². The summed E-state index contributed by atoms with van der Waals surface area (Å²) in [5, 5.41) is 3.75. The summed E-state index contributed by atoms with van der Waals surface area (Å²) in [5.41, 5.74) is 0. The molecule has 1 aliphatic carbocycles. The van der Waals surface area contributed by atoms with Gasteiger partial charge in [0.15, 0.2) is 0 Å². The van der Waals surface area contributed by atoms with E-state index >= 15 is 0 Å². The lowest BCUT2D eigenvalue weighted by molar-refractivity contribution is 0.245. The molecule has 1 atom stereocenters. The van der Waals surface area contributed by atoms with Crippen LogP contribution in [0.3, 0.4) is 0 Å². The lowest BCUT2D eigenvalue weighted by Crippen LogP contribution is -2.41. The molecule has 0 bridgehead atoms. The highest BCUT2D eigenvalue weighted by atomic mass is 32.2. The summed E-state index contributed by atoms with van der Waals surface area (Å²) in [6, 6.07) is 1.64. The van der Waals surface area contributed by atoms with Crippen molar-refractivity contribution in [2.24, 2.45) is 5.92 Å². The molecule has 17 heavy (non-hydrogen) atoms. The van der Waals surface area contributed by atoms with Crippen molar-refractivity contribution in [1.29, 1.82) is 0 Å². The molecule has 1 saturated carbocycles. The third-order valence-electron chi connectivity index (χ3n) is 4.44. The third kappa shape index (κ3) is 4.46. The Balaban J connectivity index is 1.56. The van der Waals surface area contributed by atoms with E-state index in [0.717, 1.165) is 18.0 Å². The fourth-order valence-electron chi connectivity index (χ4n) is 2.96. The van der Waals surface area contributed by atoms with E-state index in [0.29, 0.717) is 0 Å². The van der Waals surface area contributed by atoms with Crippen LogP contribution in [-0.4, -0.2) is 48.6 Å². The number of thioether (sulfide) groups is 1. The molecule has 0 spiro atoms. The van der Waals surface area contributed by atoms with Gasteiger partial charge in [-0.25, -0.2) is 0 Å². The summed E-state index contributed by atoms with van der Waals surface area (Å²) in [5.74, 6) is 3.67. The zero-order valence-corrected chi connectivity index (χ0v) is 12.3. The van der Waals surface area contributed by atoms with Crippen LogP contribution in [-0.2, 0) is 0 Å². The molecule has 0 radical (unpaired) electrons. The van der Waals surface area contributed by atoms with Gasteiger partial charge >= 0.3 is 0 Å². The third-order valence-corrected chi connectivity index (χ3v) is 5.59. The smallest absolute Gasteiger partial charge is 0.0191 e. The fourth-order valence-corrected chi connectivity index (χ4v) is 4.26. The van der Waals surface area contributed by atoms with Gasteiger partial charge in [-0.15, -0.1) is 0 Å². The average molecular weight is 256 g/mol. The van der Waals surface area contributed by atoms with E-state index in [9.17, 15) is 0 Å². The Morgan fingerprint density at radius 1 is 1.18 bits per heavy atom. The van der Waals surface area contributed by atoms with Gasteiger partial charge in [-0.05, 0) is 50.8 Å². The van der Waals surface area contributed by atoms with Crippen LogP contribution in [0.2, 0.25) is 0 Å². The van der Waals surface area contributed by atoms with Gasteiger partial charge in [0, 0.05) is 30.9 Å². The summed E-state index contributed by atoms with van der Waals surface area (Å²) in [6.45, 7) is 4.79. The number of hydrogen-bond acceptors (Lipinski definition) is 3. The zero-order chi connectivity index (χ0) is 12.1. The molecule has 1 aliphatic heterocycles. The van der Waals surface area contributed by atoms with Crippen molar-refractivity contribution in [3.05, 3.63) is 0 Å². The van der Waals surface area contributed by atoms with Crippen LogP contribution >= 0.6 is 11.8 Å². The number of likely N-dealkylation sites (N-methyl/N-ethyl adjacent to an activating group) is 1. The van der Waals surface area contributed by atoms with Crippen molar-refractivity contribution in [2.45, 2.75) is 51.1 Å². The summed E-state index contributed by atoms with van der Waals surface area (Å²) in [6.07, 6.45) is 7.02. The van der Waals surface area contributed by atoms with Gasteiger partial charge in [-0.2, -0.15) is 11.8 Å². The van der Waals surface area contributed by atoms with Crippen LogP contribution in [0, 0.1) is 5.92 Å². The second kappa shape index (κ2) is 7.01. The predicted molar refractivity (Wildman–Crippen MR) is 77.8 cm³/mol. The molecule has 3 heteroatoms. The first-order valence-corrected chi connectivity index (χ1v) is 8.42. The van der Waals surface area contributed by atoms with Crippen LogP contribution in [0.4, 0.5) is 0 Å². The number of rotatable bonds is 5. The van der Waals surface area contributed by atoms with E-state index in [1.54, 1.807) is 0 Å². The summed E-state index contributed by atoms with van der Waals surface area (Å²) >= 11 is 2.11. The molecule has 1 N–H and O–H groups in total. The number of hydrogen-bond donors (Lipinski definition) is 1. The van der Waals surface area contributed by atoms with E-state index in [1.165, 1.54) is 56.7 Å². The van der Waals surface area contributed by atoms with Crippen molar-refractivity contribution >= 4 is 11.8 Å². The maximum Gasteiger partial charge on any atom is 0.0191 e. The summed E-state index contributed by atoms with van der Waals surface area (Å²) < 4.78 is 0. The second-order valence-electron chi connectivity index (χ2n) is 5.91. The van der Waals surface area contributed by atoms with Crippen LogP contribution in [0.15, 0.2) is 0 Å². The molecule has 1 heterocycles. The minimum atomic E-state index is 0.803. The Labute approximate surface area is 111 Å². The van der Waals surface area contributed by atoms with E-state index in [-0.39, 0.29) is 0 Å². The minimum absolute atomic E-state index is 0.803. The van der Waals surface area contributed by atoms with Crippen LogP contribution < -0.4 is 5.32 Å². The molecule has 2 aliphatic rings. The Bertz CT molecular complexity index is 208. The lowest BCUT2D eigenvalue weighted by Gasteiger charge is -2.29. The number of nitrogens with zero attached hydrogens (tertiary/aromatic N) is 1. The van der Waals surface area contributed by atoms with E-state index in [2.05, 4.69) is 35.9 Å². The monoisotopic (exact) mass is 256 g/mol. The van der Waals surface area contributed by atoms with Crippen LogP contribution in [0.25, 0.3) is 0 Å². The molecule has 2 rings (SSSR count). The SMILES string of the molecule is CC1CCC(NCCN(C)C2CCSC2)CC1. The molecular weight excluding hydrogens is 228 g/mol. The second-order valence-corrected chi connectivity index (χ2v) is 7.06.